The lowest BCUT2D eigenvalue weighted by Gasteiger charge is -2.20. The fourth-order valence-corrected chi connectivity index (χ4v) is 3.61. The van der Waals surface area contributed by atoms with Gasteiger partial charge in [-0.15, -0.1) is 0 Å². The molecule has 0 aromatic heterocycles. The number of aliphatic hydroxyl groups is 1. The standard InChI is InChI=1S/C14H19F2NO3S/c1-9(2)14(3-4-14)8-17-21(19,20)12-6-10(7-18)5-11(15)13(12)16/h5-6,9,17-18H,3-4,7-8H2,1-2H3. The summed E-state index contributed by atoms with van der Waals surface area (Å²) in [5.74, 6) is -2.40. The van der Waals surface area contributed by atoms with Crippen LogP contribution in [0.1, 0.15) is 32.3 Å². The van der Waals surface area contributed by atoms with Gasteiger partial charge in [-0.25, -0.2) is 21.9 Å². The van der Waals surface area contributed by atoms with E-state index in [0.717, 1.165) is 25.0 Å². The molecule has 1 aliphatic carbocycles. The molecule has 0 spiro atoms. The van der Waals surface area contributed by atoms with Crippen LogP contribution in [0.2, 0.25) is 0 Å². The first-order chi connectivity index (χ1) is 9.72. The summed E-state index contributed by atoms with van der Waals surface area (Å²) in [7, 11) is -4.15. The van der Waals surface area contributed by atoms with Gasteiger partial charge in [0.05, 0.1) is 6.61 Å². The third-order valence-corrected chi connectivity index (χ3v) is 5.66. The Morgan fingerprint density at radius 2 is 1.95 bits per heavy atom. The molecule has 0 atom stereocenters. The summed E-state index contributed by atoms with van der Waals surface area (Å²) in [6, 6.07) is 1.74. The zero-order valence-electron chi connectivity index (χ0n) is 12.0. The van der Waals surface area contributed by atoms with Crippen LogP contribution in [0, 0.1) is 23.0 Å². The molecule has 0 radical (unpaired) electrons. The maximum Gasteiger partial charge on any atom is 0.243 e. The molecular formula is C14H19F2NO3S. The van der Waals surface area contributed by atoms with Crippen LogP contribution in [0.5, 0.6) is 0 Å². The van der Waals surface area contributed by atoms with Crippen molar-refractivity contribution in [3.05, 3.63) is 29.3 Å². The topological polar surface area (TPSA) is 66.4 Å². The summed E-state index contributed by atoms with van der Waals surface area (Å²) < 4.78 is 53.8. The van der Waals surface area contributed by atoms with Crippen molar-refractivity contribution in [3.63, 3.8) is 0 Å². The third-order valence-electron chi connectivity index (χ3n) is 4.26. The van der Waals surface area contributed by atoms with Crippen molar-refractivity contribution in [2.45, 2.75) is 38.2 Å². The van der Waals surface area contributed by atoms with Crippen molar-refractivity contribution in [2.75, 3.05) is 6.54 Å². The van der Waals surface area contributed by atoms with E-state index in [1.54, 1.807) is 0 Å². The molecule has 0 amide bonds. The Hall–Kier alpha value is -1.05. The first-order valence-corrected chi connectivity index (χ1v) is 8.28. The Morgan fingerprint density at radius 3 is 2.43 bits per heavy atom. The largest absolute Gasteiger partial charge is 0.392 e. The van der Waals surface area contributed by atoms with Crippen LogP contribution in [0.25, 0.3) is 0 Å². The van der Waals surface area contributed by atoms with Crippen LogP contribution >= 0.6 is 0 Å². The number of hydrogen-bond donors (Lipinski definition) is 2. The van der Waals surface area contributed by atoms with E-state index in [1.807, 2.05) is 13.8 Å². The van der Waals surface area contributed by atoms with Crippen molar-refractivity contribution in [3.8, 4) is 0 Å². The van der Waals surface area contributed by atoms with Crippen LogP contribution in [-0.2, 0) is 16.6 Å². The molecule has 1 aliphatic rings. The average Bonchev–Trinajstić information content (AvgIpc) is 3.20. The number of halogens is 2. The molecule has 0 unspecified atom stereocenters. The number of nitrogens with one attached hydrogen (secondary N) is 1. The molecule has 4 nitrogen and oxygen atoms in total. The van der Waals surface area contributed by atoms with Gasteiger partial charge in [0, 0.05) is 6.54 Å². The zero-order valence-corrected chi connectivity index (χ0v) is 12.8. The first kappa shape index (κ1) is 16.3. The highest BCUT2D eigenvalue weighted by Crippen LogP contribution is 2.51. The molecule has 0 saturated heterocycles. The van der Waals surface area contributed by atoms with Gasteiger partial charge in [0.2, 0.25) is 10.0 Å². The highest BCUT2D eigenvalue weighted by molar-refractivity contribution is 7.89. The summed E-state index contributed by atoms with van der Waals surface area (Å²) >= 11 is 0. The minimum atomic E-state index is -4.15. The SMILES string of the molecule is CC(C)C1(CNS(=O)(=O)c2cc(CO)cc(F)c2F)CC1. The van der Waals surface area contributed by atoms with Gasteiger partial charge in [-0.2, -0.15) is 0 Å². The van der Waals surface area contributed by atoms with Crippen LogP contribution < -0.4 is 4.72 Å². The smallest absolute Gasteiger partial charge is 0.243 e. The number of hydrogen-bond acceptors (Lipinski definition) is 3. The molecule has 118 valence electrons. The first-order valence-electron chi connectivity index (χ1n) is 6.80. The molecule has 1 aromatic carbocycles. The van der Waals surface area contributed by atoms with E-state index < -0.39 is 33.2 Å². The Balaban J connectivity index is 2.26. The van der Waals surface area contributed by atoms with Crippen LogP contribution in [0.15, 0.2) is 17.0 Å². The van der Waals surface area contributed by atoms with E-state index in [9.17, 15) is 17.2 Å². The normalized spacial score (nSPS) is 17.2. The number of aliphatic hydroxyl groups excluding tert-OH is 1. The fourth-order valence-electron chi connectivity index (χ4n) is 2.34. The second-order valence-electron chi connectivity index (χ2n) is 5.89. The van der Waals surface area contributed by atoms with Crippen LogP contribution in [-0.4, -0.2) is 20.1 Å². The van der Waals surface area contributed by atoms with Gasteiger partial charge in [-0.05, 0) is 41.9 Å². The Labute approximate surface area is 123 Å². The molecule has 1 aromatic rings. The highest BCUT2D eigenvalue weighted by Gasteiger charge is 2.45. The molecule has 7 heteroatoms. The predicted octanol–water partition coefficient (Wildman–Crippen LogP) is 2.17. The maximum atomic E-state index is 13.7. The molecule has 0 aliphatic heterocycles. The van der Waals surface area contributed by atoms with E-state index in [-0.39, 0.29) is 17.5 Å². The van der Waals surface area contributed by atoms with Crippen molar-refractivity contribution in [2.24, 2.45) is 11.3 Å². The van der Waals surface area contributed by atoms with E-state index in [2.05, 4.69) is 4.72 Å². The van der Waals surface area contributed by atoms with Crippen molar-refractivity contribution in [1.29, 1.82) is 0 Å². The van der Waals surface area contributed by atoms with Crippen molar-refractivity contribution < 1.29 is 22.3 Å². The Morgan fingerprint density at radius 1 is 1.33 bits per heavy atom. The van der Waals surface area contributed by atoms with Gasteiger partial charge in [-0.3, -0.25) is 0 Å². The summed E-state index contributed by atoms with van der Waals surface area (Å²) in [4.78, 5) is -0.758. The lowest BCUT2D eigenvalue weighted by Crippen LogP contribution is -2.33. The lowest BCUT2D eigenvalue weighted by atomic mass is 9.93. The monoisotopic (exact) mass is 319 g/mol. The molecule has 1 saturated carbocycles. The van der Waals surface area contributed by atoms with Gasteiger partial charge < -0.3 is 5.11 Å². The van der Waals surface area contributed by atoms with Crippen molar-refractivity contribution in [1.82, 2.24) is 4.72 Å². The van der Waals surface area contributed by atoms with E-state index in [4.69, 9.17) is 5.11 Å². The van der Waals surface area contributed by atoms with Gasteiger partial charge in [-0.1, -0.05) is 13.8 Å². The second kappa shape index (κ2) is 5.62. The summed E-state index contributed by atoms with van der Waals surface area (Å²) in [6.07, 6.45) is 1.83. The van der Waals surface area contributed by atoms with E-state index >= 15 is 0 Å². The molecule has 2 N–H and O–H groups in total. The fraction of sp³-hybridized carbons (Fsp3) is 0.571. The molecule has 2 rings (SSSR count). The van der Waals surface area contributed by atoms with Gasteiger partial charge in [0.15, 0.2) is 11.6 Å². The maximum absolute atomic E-state index is 13.7. The molecular weight excluding hydrogens is 300 g/mol. The van der Waals surface area contributed by atoms with Gasteiger partial charge in [0.25, 0.3) is 0 Å². The second-order valence-corrected chi connectivity index (χ2v) is 7.62. The number of rotatable bonds is 6. The van der Waals surface area contributed by atoms with Gasteiger partial charge >= 0.3 is 0 Å². The van der Waals surface area contributed by atoms with E-state index in [1.165, 1.54) is 0 Å². The minimum Gasteiger partial charge on any atom is -0.392 e. The summed E-state index contributed by atoms with van der Waals surface area (Å²) in [6.45, 7) is 3.66. The molecule has 21 heavy (non-hydrogen) atoms. The Kier molecular flexibility index (Phi) is 4.37. The summed E-state index contributed by atoms with van der Waals surface area (Å²) in [5.41, 5.74) is -0.0734. The van der Waals surface area contributed by atoms with E-state index in [0.29, 0.717) is 5.92 Å². The summed E-state index contributed by atoms with van der Waals surface area (Å²) in [5, 5.41) is 8.98. The minimum absolute atomic E-state index is 0.0132. The lowest BCUT2D eigenvalue weighted by molar-refractivity contribution is 0.280. The predicted molar refractivity (Wildman–Crippen MR) is 74.0 cm³/mol. The molecule has 0 heterocycles. The zero-order chi connectivity index (χ0) is 15.8. The number of sulfonamides is 1. The third kappa shape index (κ3) is 3.25. The van der Waals surface area contributed by atoms with Crippen LogP contribution in [0.3, 0.4) is 0 Å². The number of benzene rings is 1. The molecule has 0 bridgehead atoms. The van der Waals surface area contributed by atoms with Gasteiger partial charge in [0.1, 0.15) is 4.90 Å². The quantitative estimate of drug-likeness (QED) is 0.844. The highest BCUT2D eigenvalue weighted by atomic mass is 32.2. The average molecular weight is 319 g/mol. The Bertz CT molecular complexity index is 640. The van der Waals surface area contributed by atoms with Crippen LogP contribution in [0.4, 0.5) is 8.78 Å². The molecule has 1 fully saturated rings. The van der Waals surface area contributed by atoms with Crippen molar-refractivity contribution >= 4 is 10.0 Å².